The molecular weight excluding hydrogens is 389 g/mol. The van der Waals surface area contributed by atoms with Gasteiger partial charge in [0.15, 0.2) is 0 Å². The Bertz CT molecular complexity index is 458. The average Bonchev–Trinajstić information content (AvgIpc) is 2.27. The van der Waals surface area contributed by atoms with Gasteiger partial charge in [0.1, 0.15) is 5.78 Å². The van der Waals surface area contributed by atoms with Gasteiger partial charge in [-0.05, 0) is 36.6 Å². The molecule has 0 amide bonds. The fraction of sp³-hybridized carbons (Fsp3) is 0.462. The second-order valence-electron chi connectivity index (χ2n) is 4.23. The number of rotatable bonds is 5. The summed E-state index contributed by atoms with van der Waals surface area (Å²) >= 11 is 6.30. The predicted octanol–water partition coefficient (Wildman–Crippen LogP) is 5.14. The van der Waals surface area contributed by atoms with Crippen LogP contribution in [-0.2, 0) is 17.4 Å². The van der Waals surface area contributed by atoms with Crippen LogP contribution in [0.4, 0.5) is 13.2 Å². The Morgan fingerprint density at radius 3 is 2.47 bits per heavy atom. The predicted molar refractivity (Wildman–Crippen MR) is 75.5 cm³/mol. The van der Waals surface area contributed by atoms with Crippen molar-refractivity contribution < 1.29 is 18.0 Å². The van der Waals surface area contributed by atoms with Crippen LogP contribution >= 0.6 is 31.9 Å². The van der Waals surface area contributed by atoms with E-state index in [2.05, 4.69) is 31.9 Å². The zero-order chi connectivity index (χ0) is 14.6. The van der Waals surface area contributed by atoms with E-state index in [1.54, 1.807) is 6.07 Å². The van der Waals surface area contributed by atoms with E-state index in [1.807, 2.05) is 6.92 Å². The SMILES string of the molecule is CCCC(=O)C(Br)Cc1cc(Br)cc(C(F)(F)F)c1. The third-order valence-electron chi connectivity index (χ3n) is 2.55. The Morgan fingerprint density at radius 2 is 1.95 bits per heavy atom. The number of hydrogen-bond acceptors (Lipinski definition) is 1. The molecule has 0 fully saturated rings. The molecule has 1 aromatic rings. The van der Waals surface area contributed by atoms with Crippen LogP contribution in [-0.4, -0.2) is 10.6 Å². The number of ketones is 1. The van der Waals surface area contributed by atoms with Gasteiger partial charge in [0, 0.05) is 10.9 Å². The topological polar surface area (TPSA) is 17.1 Å². The Balaban J connectivity index is 2.90. The second kappa shape index (κ2) is 6.88. The molecule has 1 unspecified atom stereocenters. The van der Waals surface area contributed by atoms with Crippen molar-refractivity contribution in [1.82, 2.24) is 0 Å². The third-order valence-corrected chi connectivity index (χ3v) is 3.84. The summed E-state index contributed by atoms with van der Waals surface area (Å²) in [5.74, 6) is 0.0102. The zero-order valence-electron chi connectivity index (χ0n) is 10.2. The van der Waals surface area contributed by atoms with E-state index in [0.29, 0.717) is 16.5 Å². The van der Waals surface area contributed by atoms with Crippen LogP contribution in [0.2, 0.25) is 0 Å². The Kier molecular flexibility index (Phi) is 6.05. The maximum Gasteiger partial charge on any atom is 0.416 e. The highest BCUT2D eigenvalue weighted by Gasteiger charge is 2.31. The molecule has 106 valence electrons. The van der Waals surface area contributed by atoms with Gasteiger partial charge in [-0.1, -0.05) is 38.8 Å². The quantitative estimate of drug-likeness (QED) is 0.624. The molecule has 0 aromatic heterocycles. The van der Waals surface area contributed by atoms with E-state index < -0.39 is 16.6 Å². The molecule has 0 aliphatic carbocycles. The van der Waals surface area contributed by atoms with Crippen molar-refractivity contribution in [2.24, 2.45) is 0 Å². The van der Waals surface area contributed by atoms with Crippen LogP contribution in [0.15, 0.2) is 22.7 Å². The van der Waals surface area contributed by atoms with E-state index in [0.717, 1.165) is 18.6 Å². The minimum atomic E-state index is -4.38. The number of alkyl halides is 4. The van der Waals surface area contributed by atoms with Crippen LogP contribution in [0.25, 0.3) is 0 Å². The van der Waals surface area contributed by atoms with Gasteiger partial charge in [0.25, 0.3) is 0 Å². The first-order valence-corrected chi connectivity index (χ1v) is 7.48. The molecular formula is C13H13Br2F3O. The standard InChI is InChI=1S/C13H13Br2F3O/c1-2-3-12(19)11(15)6-8-4-9(13(16,17)18)7-10(14)5-8/h4-5,7,11H,2-3,6H2,1H3. The fourth-order valence-corrected chi connectivity index (χ4v) is 2.80. The molecule has 1 atom stereocenters. The summed E-state index contributed by atoms with van der Waals surface area (Å²) in [6.45, 7) is 1.89. The summed E-state index contributed by atoms with van der Waals surface area (Å²) in [7, 11) is 0. The molecule has 0 bridgehead atoms. The minimum absolute atomic E-state index is 0.0102. The van der Waals surface area contributed by atoms with E-state index in [9.17, 15) is 18.0 Å². The summed E-state index contributed by atoms with van der Waals surface area (Å²) in [5, 5.41) is 0. The Labute approximate surface area is 126 Å². The van der Waals surface area contributed by atoms with Gasteiger partial charge in [-0.2, -0.15) is 13.2 Å². The molecule has 6 heteroatoms. The largest absolute Gasteiger partial charge is 0.416 e. The van der Waals surface area contributed by atoms with Crippen molar-refractivity contribution in [2.75, 3.05) is 0 Å². The highest BCUT2D eigenvalue weighted by Crippen LogP contribution is 2.32. The lowest BCUT2D eigenvalue weighted by atomic mass is 10.0. The van der Waals surface area contributed by atoms with E-state index in [1.165, 1.54) is 0 Å². The first kappa shape index (κ1) is 16.7. The molecule has 0 heterocycles. The second-order valence-corrected chi connectivity index (χ2v) is 6.25. The van der Waals surface area contributed by atoms with Crippen LogP contribution in [0, 0.1) is 0 Å². The molecule has 0 saturated heterocycles. The average molecular weight is 402 g/mol. The van der Waals surface area contributed by atoms with Gasteiger partial charge in [-0.3, -0.25) is 4.79 Å². The van der Waals surface area contributed by atoms with Gasteiger partial charge in [0.2, 0.25) is 0 Å². The maximum atomic E-state index is 12.7. The van der Waals surface area contributed by atoms with Crippen LogP contribution < -0.4 is 0 Å². The normalized spacial score (nSPS) is 13.4. The number of carbonyl (C=O) groups is 1. The van der Waals surface area contributed by atoms with E-state index in [4.69, 9.17) is 0 Å². The number of benzene rings is 1. The van der Waals surface area contributed by atoms with E-state index in [-0.39, 0.29) is 12.2 Å². The fourth-order valence-electron chi connectivity index (χ4n) is 1.66. The van der Waals surface area contributed by atoms with Crippen LogP contribution in [0.5, 0.6) is 0 Å². The highest BCUT2D eigenvalue weighted by atomic mass is 79.9. The van der Waals surface area contributed by atoms with Gasteiger partial charge < -0.3 is 0 Å². The van der Waals surface area contributed by atoms with E-state index >= 15 is 0 Å². The lowest BCUT2D eigenvalue weighted by Crippen LogP contribution is -2.16. The molecule has 0 N–H and O–H groups in total. The summed E-state index contributed by atoms with van der Waals surface area (Å²) in [6.07, 6.45) is -2.97. The number of halogens is 5. The Morgan fingerprint density at radius 1 is 1.32 bits per heavy atom. The first-order valence-electron chi connectivity index (χ1n) is 5.77. The monoisotopic (exact) mass is 400 g/mol. The smallest absolute Gasteiger partial charge is 0.298 e. The lowest BCUT2D eigenvalue weighted by molar-refractivity contribution is -0.137. The van der Waals surface area contributed by atoms with Crippen molar-refractivity contribution in [2.45, 2.75) is 37.2 Å². The minimum Gasteiger partial charge on any atom is -0.298 e. The van der Waals surface area contributed by atoms with Crippen molar-refractivity contribution in [1.29, 1.82) is 0 Å². The first-order chi connectivity index (χ1) is 8.74. The highest BCUT2D eigenvalue weighted by molar-refractivity contribution is 9.10. The molecule has 1 rings (SSSR count). The molecule has 1 nitrogen and oxygen atoms in total. The maximum absolute atomic E-state index is 12.7. The van der Waals surface area contributed by atoms with Gasteiger partial charge in [0.05, 0.1) is 10.4 Å². The van der Waals surface area contributed by atoms with Gasteiger partial charge in [-0.15, -0.1) is 0 Å². The third kappa shape index (κ3) is 5.26. The summed E-state index contributed by atoms with van der Waals surface area (Å²) in [5.41, 5.74) is -0.229. The molecule has 0 radical (unpaired) electrons. The number of hydrogen-bond donors (Lipinski definition) is 0. The summed E-state index contributed by atoms with van der Waals surface area (Å²) < 4.78 is 38.4. The summed E-state index contributed by atoms with van der Waals surface area (Å²) in [4.78, 5) is 11.2. The molecule has 1 aromatic carbocycles. The van der Waals surface area contributed by atoms with Gasteiger partial charge >= 0.3 is 6.18 Å². The lowest BCUT2D eigenvalue weighted by Gasteiger charge is -2.12. The van der Waals surface area contributed by atoms with Crippen molar-refractivity contribution >= 4 is 37.6 Å². The molecule has 0 spiro atoms. The molecule has 0 aliphatic rings. The zero-order valence-corrected chi connectivity index (χ0v) is 13.4. The molecule has 0 saturated carbocycles. The van der Waals surface area contributed by atoms with Crippen molar-refractivity contribution in [3.8, 4) is 0 Å². The molecule has 19 heavy (non-hydrogen) atoms. The van der Waals surface area contributed by atoms with Gasteiger partial charge in [-0.25, -0.2) is 0 Å². The Hall–Kier alpha value is -0.360. The molecule has 0 aliphatic heterocycles. The van der Waals surface area contributed by atoms with Crippen LogP contribution in [0.1, 0.15) is 30.9 Å². The number of carbonyl (C=O) groups excluding carboxylic acids is 1. The van der Waals surface area contributed by atoms with Crippen molar-refractivity contribution in [3.63, 3.8) is 0 Å². The van der Waals surface area contributed by atoms with Crippen molar-refractivity contribution in [3.05, 3.63) is 33.8 Å². The number of Topliss-reactive ketones (excluding diaryl/α,β-unsaturated/α-hetero) is 1. The van der Waals surface area contributed by atoms with Crippen LogP contribution in [0.3, 0.4) is 0 Å². The summed E-state index contributed by atoms with van der Waals surface area (Å²) in [6, 6.07) is 3.71.